The number of carbonyl (C=O) groups is 3. The van der Waals surface area contributed by atoms with Crippen LogP contribution in [0.1, 0.15) is 34.6 Å². The van der Waals surface area contributed by atoms with Gasteiger partial charge in [-0.2, -0.15) is 0 Å². The summed E-state index contributed by atoms with van der Waals surface area (Å²) in [5, 5.41) is 0. The molecular formula is C16H29N3O5. The van der Waals surface area contributed by atoms with Crippen molar-refractivity contribution in [2.24, 2.45) is 11.7 Å². The van der Waals surface area contributed by atoms with Crippen molar-refractivity contribution in [3.63, 3.8) is 0 Å². The predicted octanol–water partition coefficient (Wildman–Crippen LogP) is 0.591. The van der Waals surface area contributed by atoms with Gasteiger partial charge in [0.2, 0.25) is 5.91 Å². The van der Waals surface area contributed by atoms with Crippen molar-refractivity contribution in [3.05, 3.63) is 0 Å². The summed E-state index contributed by atoms with van der Waals surface area (Å²) in [6.45, 7) is 9.50. The molecule has 1 fully saturated rings. The number of hydrogen-bond donors (Lipinski definition) is 1. The Morgan fingerprint density at radius 1 is 1.17 bits per heavy atom. The van der Waals surface area contributed by atoms with Gasteiger partial charge in [0.1, 0.15) is 5.60 Å². The van der Waals surface area contributed by atoms with E-state index in [2.05, 4.69) is 0 Å². The van der Waals surface area contributed by atoms with Crippen molar-refractivity contribution in [2.45, 2.75) is 52.3 Å². The highest BCUT2D eigenvalue weighted by Crippen LogP contribution is 2.18. The van der Waals surface area contributed by atoms with Crippen LogP contribution in [0.15, 0.2) is 0 Å². The van der Waals surface area contributed by atoms with Crippen LogP contribution in [0, 0.1) is 5.92 Å². The van der Waals surface area contributed by atoms with E-state index < -0.39 is 29.7 Å². The van der Waals surface area contributed by atoms with Crippen molar-refractivity contribution in [3.8, 4) is 0 Å². The first-order valence-electron chi connectivity index (χ1n) is 8.09. The normalized spacial score (nSPS) is 19.9. The molecule has 0 aromatic heterocycles. The van der Waals surface area contributed by atoms with Gasteiger partial charge in [0, 0.05) is 13.1 Å². The number of amides is 2. The molecule has 8 heteroatoms. The molecule has 138 valence electrons. The van der Waals surface area contributed by atoms with E-state index in [4.69, 9.17) is 15.2 Å². The number of esters is 1. The molecule has 0 spiro atoms. The average molecular weight is 343 g/mol. The molecule has 0 bridgehead atoms. The second-order valence-corrected chi connectivity index (χ2v) is 7.27. The van der Waals surface area contributed by atoms with Gasteiger partial charge in [-0.1, -0.05) is 13.8 Å². The third-order valence-corrected chi connectivity index (χ3v) is 3.80. The highest BCUT2D eigenvalue weighted by Gasteiger charge is 2.40. The first-order valence-corrected chi connectivity index (χ1v) is 8.09. The van der Waals surface area contributed by atoms with Crippen LogP contribution in [0.4, 0.5) is 4.79 Å². The highest BCUT2D eigenvalue weighted by molar-refractivity contribution is 5.86. The molecule has 0 saturated carbocycles. The number of hydrogen-bond acceptors (Lipinski definition) is 6. The van der Waals surface area contributed by atoms with E-state index in [1.807, 2.05) is 13.8 Å². The van der Waals surface area contributed by atoms with Crippen LogP contribution < -0.4 is 5.73 Å². The Morgan fingerprint density at radius 2 is 1.75 bits per heavy atom. The van der Waals surface area contributed by atoms with Crippen LogP contribution in [-0.4, -0.2) is 72.2 Å². The topological polar surface area (TPSA) is 102 Å². The van der Waals surface area contributed by atoms with Crippen molar-refractivity contribution < 1.29 is 23.9 Å². The molecular weight excluding hydrogens is 314 g/mol. The number of ether oxygens (including phenoxy) is 2. The van der Waals surface area contributed by atoms with Gasteiger partial charge >= 0.3 is 12.1 Å². The molecule has 0 radical (unpaired) electrons. The smallest absolute Gasteiger partial charge is 0.411 e. The Bertz CT molecular complexity index is 487. The molecule has 2 N–H and O–H groups in total. The van der Waals surface area contributed by atoms with Gasteiger partial charge in [0.15, 0.2) is 6.04 Å². The Balaban J connectivity index is 2.91. The van der Waals surface area contributed by atoms with Crippen molar-refractivity contribution in [1.29, 1.82) is 0 Å². The second kappa shape index (κ2) is 7.83. The van der Waals surface area contributed by atoms with Crippen LogP contribution in [0.2, 0.25) is 0 Å². The van der Waals surface area contributed by atoms with Crippen LogP contribution in [0.3, 0.4) is 0 Å². The Labute approximate surface area is 143 Å². The molecule has 24 heavy (non-hydrogen) atoms. The molecule has 0 unspecified atom stereocenters. The quantitative estimate of drug-likeness (QED) is 0.753. The molecule has 1 saturated heterocycles. The summed E-state index contributed by atoms with van der Waals surface area (Å²) in [5.74, 6) is -0.836. The fourth-order valence-electron chi connectivity index (χ4n) is 2.36. The maximum atomic E-state index is 12.4. The summed E-state index contributed by atoms with van der Waals surface area (Å²) < 4.78 is 10.1. The van der Waals surface area contributed by atoms with Gasteiger partial charge in [-0.05, 0) is 26.7 Å². The van der Waals surface area contributed by atoms with E-state index in [0.717, 1.165) is 0 Å². The highest BCUT2D eigenvalue weighted by atomic mass is 16.6. The summed E-state index contributed by atoms with van der Waals surface area (Å²) in [6, 6.07) is -1.54. The molecule has 1 aliphatic heterocycles. The van der Waals surface area contributed by atoms with Crippen LogP contribution in [0.25, 0.3) is 0 Å². The lowest BCUT2D eigenvalue weighted by atomic mass is 10.0. The SMILES string of the molecule is COC(=O)[C@@H]1CN(C(=O)[C@@H](N)C(C)C)CCN1C(=O)OC(C)(C)C. The molecule has 1 rings (SSSR count). The zero-order valence-electron chi connectivity index (χ0n) is 15.4. The molecule has 0 aromatic rings. The number of piperazine rings is 1. The number of methoxy groups -OCH3 is 1. The minimum Gasteiger partial charge on any atom is -0.467 e. The van der Waals surface area contributed by atoms with Crippen molar-refractivity contribution >= 4 is 18.0 Å². The van der Waals surface area contributed by atoms with E-state index in [1.165, 1.54) is 16.9 Å². The second-order valence-electron chi connectivity index (χ2n) is 7.27. The first kappa shape index (κ1) is 20.2. The molecule has 0 aliphatic carbocycles. The average Bonchev–Trinajstić information content (AvgIpc) is 2.50. The molecule has 8 nitrogen and oxygen atoms in total. The number of rotatable bonds is 3. The fraction of sp³-hybridized carbons (Fsp3) is 0.812. The minimum atomic E-state index is -0.901. The standard InChI is InChI=1S/C16H29N3O5/c1-10(2)12(17)13(20)18-7-8-19(11(9-18)14(21)23-6)15(22)24-16(3,4)5/h10-12H,7-9,17H2,1-6H3/t11-,12-/m0/s1. The van der Waals surface area contributed by atoms with Gasteiger partial charge in [-0.25, -0.2) is 9.59 Å². The molecule has 2 amide bonds. The van der Waals surface area contributed by atoms with Crippen LogP contribution >= 0.6 is 0 Å². The Morgan fingerprint density at radius 3 is 2.21 bits per heavy atom. The summed E-state index contributed by atoms with van der Waals surface area (Å²) in [5.41, 5.74) is 5.23. The number of carbonyl (C=O) groups excluding carboxylic acids is 3. The lowest BCUT2D eigenvalue weighted by molar-refractivity contribution is -0.151. The third-order valence-electron chi connectivity index (χ3n) is 3.80. The lowest BCUT2D eigenvalue weighted by Crippen LogP contribution is -2.62. The third kappa shape index (κ3) is 5.09. The molecule has 2 atom stereocenters. The predicted molar refractivity (Wildman–Crippen MR) is 88.1 cm³/mol. The number of nitrogens with zero attached hydrogens (tertiary/aromatic N) is 2. The van der Waals surface area contributed by atoms with Crippen molar-refractivity contribution in [2.75, 3.05) is 26.7 Å². The van der Waals surface area contributed by atoms with E-state index in [0.29, 0.717) is 6.54 Å². The summed E-state index contributed by atoms with van der Waals surface area (Å²) >= 11 is 0. The molecule has 1 heterocycles. The van der Waals surface area contributed by atoms with Gasteiger partial charge in [-0.15, -0.1) is 0 Å². The zero-order chi connectivity index (χ0) is 18.7. The summed E-state index contributed by atoms with van der Waals surface area (Å²) in [7, 11) is 1.25. The van der Waals surface area contributed by atoms with Gasteiger partial charge in [0.05, 0.1) is 19.7 Å². The summed E-state index contributed by atoms with van der Waals surface area (Å²) in [6.07, 6.45) is -0.599. The van der Waals surface area contributed by atoms with E-state index in [-0.39, 0.29) is 24.9 Å². The number of nitrogens with two attached hydrogens (primary N) is 1. The fourth-order valence-corrected chi connectivity index (χ4v) is 2.36. The van der Waals surface area contributed by atoms with Gasteiger partial charge in [-0.3, -0.25) is 9.69 Å². The van der Waals surface area contributed by atoms with Gasteiger partial charge < -0.3 is 20.1 Å². The molecule has 1 aliphatic rings. The Hall–Kier alpha value is -1.83. The first-order chi connectivity index (χ1) is 11.0. The zero-order valence-corrected chi connectivity index (χ0v) is 15.4. The monoisotopic (exact) mass is 343 g/mol. The maximum absolute atomic E-state index is 12.4. The Kier molecular flexibility index (Phi) is 6.59. The van der Waals surface area contributed by atoms with Crippen molar-refractivity contribution in [1.82, 2.24) is 9.80 Å². The van der Waals surface area contributed by atoms with Crippen LogP contribution in [0.5, 0.6) is 0 Å². The van der Waals surface area contributed by atoms with E-state index >= 15 is 0 Å². The van der Waals surface area contributed by atoms with Gasteiger partial charge in [0.25, 0.3) is 0 Å². The molecule has 0 aromatic carbocycles. The minimum absolute atomic E-state index is 0.0158. The van der Waals surface area contributed by atoms with E-state index in [9.17, 15) is 14.4 Å². The van der Waals surface area contributed by atoms with Crippen LogP contribution in [-0.2, 0) is 19.1 Å². The van der Waals surface area contributed by atoms with E-state index in [1.54, 1.807) is 20.8 Å². The largest absolute Gasteiger partial charge is 0.467 e. The maximum Gasteiger partial charge on any atom is 0.411 e. The summed E-state index contributed by atoms with van der Waals surface area (Å²) in [4.78, 5) is 39.6. The lowest BCUT2D eigenvalue weighted by Gasteiger charge is -2.41.